The molecule has 0 bridgehead atoms. The van der Waals surface area contributed by atoms with Gasteiger partial charge in [0.1, 0.15) is 0 Å². The van der Waals surface area contributed by atoms with Gasteiger partial charge in [-0.2, -0.15) is 11.3 Å². The van der Waals surface area contributed by atoms with Gasteiger partial charge in [0.05, 0.1) is 0 Å². The number of carbonyl (C=O) groups is 1. The zero-order chi connectivity index (χ0) is 10.8. The highest BCUT2D eigenvalue weighted by molar-refractivity contribution is 7.07. The smallest absolute Gasteiger partial charge is 0.407 e. The van der Waals surface area contributed by atoms with Crippen LogP contribution in [0, 0.1) is 5.92 Å². The van der Waals surface area contributed by atoms with Gasteiger partial charge < -0.3 is 10.0 Å². The van der Waals surface area contributed by atoms with Crippen LogP contribution in [0.2, 0.25) is 0 Å². The van der Waals surface area contributed by atoms with E-state index in [2.05, 4.69) is 16.8 Å². The Morgan fingerprint density at radius 2 is 2.53 bits per heavy atom. The van der Waals surface area contributed by atoms with Crippen LogP contribution >= 0.6 is 11.3 Å². The summed E-state index contributed by atoms with van der Waals surface area (Å²) in [5.41, 5.74) is 1.34. The van der Waals surface area contributed by atoms with E-state index in [-0.39, 0.29) is 6.04 Å². The topological polar surface area (TPSA) is 40.5 Å². The van der Waals surface area contributed by atoms with Gasteiger partial charge in [0.25, 0.3) is 0 Å². The third kappa shape index (κ3) is 2.31. The molecule has 2 atom stereocenters. The minimum absolute atomic E-state index is 0.172. The van der Waals surface area contributed by atoms with Crippen molar-refractivity contribution in [2.75, 3.05) is 6.54 Å². The highest BCUT2D eigenvalue weighted by Crippen LogP contribution is 2.26. The van der Waals surface area contributed by atoms with Gasteiger partial charge in [-0.1, -0.05) is 0 Å². The Kier molecular flexibility index (Phi) is 2.95. The average Bonchev–Trinajstić information content (AvgIpc) is 2.75. The minimum atomic E-state index is -0.782. The largest absolute Gasteiger partial charge is 0.465 e. The predicted molar refractivity (Wildman–Crippen MR) is 60.3 cm³/mol. The summed E-state index contributed by atoms with van der Waals surface area (Å²) in [7, 11) is 0. The predicted octanol–water partition coefficient (Wildman–Crippen LogP) is 2.68. The maximum atomic E-state index is 10.9. The van der Waals surface area contributed by atoms with E-state index in [0.29, 0.717) is 12.5 Å². The molecule has 15 heavy (non-hydrogen) atoms. The fourth-order valence-corrected chi connectivity index (χ4v) is 2.98. The van der Waals surface area contributed by atoms with Crippen LogP contribution in [0.25, 0.3) is 0 Å². The molecule has 0 radical (unpaired) electrons. The highest BCUT2D eigenvalue weighted by atomic mass is 32.1. The van der Waals surface area contributed by atoms with Crippen LogP contribution in [-0.4, -0.2) is 28.7 Å². The molecule has 1 aliphatic heterocycles. The second kappa shape index (κ2) is 4.23. The summed E-state index contributed by atoms with van der Waals surface area (Å²) in [6, 6.07) is 2.30. The molecule has 82 valence electrons. The van der Waals surface area contributed by atoms with Crippen molar-refractivity contribution in [1.29, 1.82) is 0 Å². The molecule has 2 heterocycles. The maximum absolute atomic E-state index is 10.9. The summed E-state index contributed by atoms with van der Waals surface area (Å²) >= 11 is 1.70. The van der Waals surface area contributed by atoms with Crippen molar-refractivity contribution in [1.82, 2.24) is 4.90 Å². The molecule has 0 spiro atoms. The second-order valence-corrected chi connectivity index (χ2v) is 5.00. The van der Waals surface area contributed by atoms with Gasteiger partial charge in [-0.25, -0.2) is 4.79 Å². The van der Waals surface area contributed by atoms with Crippen LogP contribution < -0.4 is 0 Å². The Morgan fingerprint density at radius 1 is 1.73 bits per heavy atom. The number of carboxylic acid groups (broad SMARTS) is 1. The van der Waals surface area contributed by atoms with Gasteiger partial charge in [0, 0.05) is 12.6 Å². The lowest BCUT2D eigenvalue weighted by Crippen LogP contribution is -2.32. The van der Waals surface area contributed by atoms with Crippen molar-refractivity contribution < 1.29 is 9.90 Å². The van der Waals surface area contributed by atoms with Crippen molar-refractivity contribution >= 4 is 17.4 Å². The minimum Gasteiger partial charge on any atom is -0.465 e. The SMILES string of the molecule is C[C@@H]1C[C@H](Cc2ccsc2)CN1C(=O)O. The fourth-order valence-electron chi connectivity index (χ4n) is 2.30. The van der Waals surface area contributed by atoms with E-state index in [0.717, 1.165) is 12.8 Å². The first-order valence-corrected chi connectivity index (χ1v) is 6.11. The summed E-state index contributed by atoms with van der Waals surface area (Å²) in [5.74, 6) is 0.491. The van der Waals surface area contributed by atoms with E-state index < -0.39 is 6.09 Å². The molecule has 3 nitrogen and oxygen atoms in total. The molecule has 2 rings (SSSR count). The van der Waals surface area contributed by atoms with E-state index in [4.69, 9.17) is 5.11 Å². The molecule has 4 heteroatoms. The average molecular weight is 225 g/mol. The Balaban J connectivity index is 1.94. The Hall–Kier alpha value is -1.03. The van der Waals surface area contributed by atoms with Crippen LogP contribution in [0.1, 0.15) is 18.9 Å². The van der Waals surface area contributed by atoms with E-state index in [1.54, 1.807) is 16.2 Å². The first kappa shape index (κ1) is 10.5. The zero-order valence-electron chi connectivity index (χ0n) is 8.72. The van der Waals surface area contributed by atoms with Crippen molar-refractivity contribution in [2.24, 2.45) is 5.92 Å². The number of hydrogen-bond acceptors (Lipinski definition) is 2. The number of thiophene rings is 1. The first-order chi connectivity index (χ1) is 7.16. The lowest BCUT2D eigenvalue weighted by atomic mass is 9.99. The van der Waals surface area contributed by atoms with Crippen molar-refractivity contribution in [3.8, 4) is 0 Å². The molecule has 1 amide bonds. The van der Waals surface area contributed by atoms with E-state index in [9.17, 15) is 4.79 Å². The number of nitrogens with zero attached hydrogens (tertiary/aromatic N) is 1. The highest BCUT2D eigenvalue weighted by Gasteiger charge is 2.32. The molecule has 1 aromatic rings. The lowest BCUT2D eigenvalue weighted by molar-refractivity contribution is 0.142. The van der Waals surface area contributed by atoms with Crippen LogP contribution in [-0.2, 0) is 6.42 Å². The molecule has 0 saturated carbocycles. The normalized spacial score (nSPS) is 25.8. The molecule has 0 unspecified atom stereocenters. The third-order valence-electron chi connectivity index (χ3n) is 3.01. The molecule has 1 aromatic heterocycles. The molecular weight excluding hydrogens is 210 g/mol. The fraction of sp³-hybridized carbons (Fsp3) is 0.545. The molecule has 1 N–H and O–H groups in total. The van der Waals surface area contributed by atoms with Gasteiger partial charge in [0.2, 0.25) is 0 Å². The molecule has 0 aromatic carbocycles. The summed E-state index contributed by atoms with van der Waals surface area (Å²) < 4.78 is 0. The van der Waals surface area contributed by atoms with Gasteiger partial charge >= 0.3 is 6.09 Å². The molecule has 1 aliphatic rings. The molecule has 1 fully saturated rings. The zero-order valence-corrected chi connectivity index (χ0v) is 9.54. The van der Waals surface area contributed by atoms with Gasteiger partial charge in [-0.05, 0) is 48.1 Å². The molecular formula is C11H15NO2S. The van der Waals surface area contributed by atoms with Gasteiger partial charge in [0.15, 0.2) is 0 Å². The van der Waals surface area contributed by atoms with Crippen LogP contribution in [0.5, 0.6) is 0 Å². The summed E-state index contributed by atoms with van der Waals surface area (Å²) in [6.07, 6.45) is 1.22. The first-order valence-electron chi connectivity index (χ1n) is 5.17. The summed E-state index contributed by atoms with van der Waals surface area (Å²) in [4.78, 5) is 12.4. The number of hydrogen-bond donors (Lipinski definition) is 1. The lowest BCUT2D eigenvalue weighted by Gasteiger charge is -2.16. The number of amides is 1. The Bertz CT molecular complexity index is 336. The monoisotopic (exact) mass is 225 g/mol. The van der Waals surface area contributed by atoms with Crippen molar-refractivity contribution in [3.63, 3.8) is 0 Å². The van der Waals surface area contributed by atoms with E-state index in [1.807, 2.05) is 6.92 Å². The Labute approximate surface area is 93.3 Å². The standard InChI is InChI=1S/C11H15NO2S/c1-8-4-10(6-12(8)11(13)14)5-9-2-3-15-7-9/h2-3,7-8,10H,4-6H2,1H3,(H,13,14)/t8-,10-/m1/s1. The third-order valence-corrected chi connectivity index (χ3v) is 3.74. The van der Waals surface area contributed by atoms with Crippen molar-refractivity contribution in [2.45, 2.75) is 25.8 Å². The van der Waals surface area contributed by atoms with Crippen LogP contribution in [0.4, 0.5) is 4.79 Å². The second-order valence-electron chi connectivity index (χ2n) is 4.22. The van der Waals surface area contributed by atoms with Crippen LogP contribution in [0.15, 0.2) is 16.8 Å². The van der Waals surface area contributed by atoms with Crippen molar-refractivity contribution in [3.05, 3.63) is 22.4 Å². The molecule has 1 saturated heterocycles. The van der Waals surface area contributed by atoms with E-state index in [1.165, 1.54) is 5.56 Å². The van der Waals surface area contributed by atoms with Crippen LogP contribution in [0.3, 0.4) is 0 Å². The summed E-state index contributed by atoms with van der Waals surface area (Å²) in [5, 5.41) is 13.2. The number of likely N-dealkylation sites (tertiary alicyclic amines) is 1. The molecule has 0 aliphatic carbocycles. The van der Waals surface area contributed by atoms with E-state index >= 15 is 0 Å². The quantitative estimate of drug-likeness (QED) is 0.840. The Morgan fingerprint density at radius 3 is 3.07 bits per heavy atom. The maximum Gasteiger partial charge on any atom is 0.407 e. The summed E-state index contributed by atoms with van der Waals surface area (Å²) in [6.45, 7) is 2.67. The van der Waals surface area contributed by atoms with Gasteiger partial charge in [-0.3, -0.25) is 0 Å². The number of rotatable bonds is 2. The van der Waals surface area contributed by atoms with Gasteiger partial charge in [-0.15, -0.1) is 0 Å².